The predicted octanol–water partition coefficient (Wildman–Crippen LogP) is 0.589. The lowest BCUT2D eigenvalue weighted by atomic mass is 10.1. The fraction of sp³-hybridized carbons (Fsp3) is 0.500. The van der Waals surface area contributed by atoms with Crippen molar-refractivity contribution in [3.8, 4) is 0 Å². The summed E-state index contributed by atoms with van der Waals surface area (Å²) in [7, 11) is 1.31. The van der Waals surface area contributed by atoms with Gasteiger partial charge in [-0.25, -0.2) is 4.79 Å². The first kappa shape index (κ1) is 10.7. The summed E-state index contributed by atoms with van der Waals surface area (Å²) in [5.74, 6) is -0.399. The minimum atomic E-state index is -0.399. The fourth-order valence-electron chi connectivity index (χ4n) is 0.861. The molecule has 12 heavy (non-hydrogen) atoms. The number of carbonyl (C=O) groups excluding carboxylic acids is 2. The highest BCUT2D eigenvalue weighted by atomic mass is 16.5. The molecule has 0 fully saturated rings. The monoisotopic (exact) mass is 171 g/mol. The molecule has 0 bridgehead atoms. The van der Waals surface area contributed by atoms with E-state index in [9.17, 15) is 9.59 Å². The van der Waals surface area contributed by atoms with Crippen LogP contribution in [0.5, 0.6) is 0 Å². The van der Waals surface area contributed by atoms with Crippen LogP contribution in [0.1, 0.15) is 20.3 Å². The summed E-state index contributed by atoms with van der Waals surface area (Å²) >= 11 is 0. The van der Waals surface area contributed by atoms with Gasteiger partial charge >= 0.3 is 5.97 Å². The van der Waals surface area contributed by atoms with E-state index in [2.05, 4.69) is 10.1 Å². The lowest BCUT2D eigenvalue weighted by molar-refractivity contribution is -0.136. The topological polar surface area (TPSA) is 55.4 Å². The molecular weight excluding hydrogens is 158 g/mol. The van der Waals surface area contributed by atoms with Crippen LogP contribution in [0.2, 0.25) is 0 Å². The van der Waals surface area contributed by atoms with Gasteiger partial charge in [0.15, 0.2) is 0 Å². The number of hydrogen-bond acceptors (Lipinski definition) is 3. The molecular formula is C8H13NO3. The summed E-state index contributed by atoms with van der Waals surface area (Å²) in [4.78, 5) is 21.1. The lowest BCUT2D eigenvalue weighted by Crippen LogP contribution is -2.15. The average molecular weight is 171 g/mol. The van der Waals surface area contributed by atoms with E-state index in [4.69, 9.17) is 0 Å². The number of hydrogen-bond donors (Lipinski definition) is 1. The molecule has 0 unspecified atom stereocenters. The number of nitrogens with one attached hydrogen (secondary N) is 1. The molecule has 0 aliphatic heterocycles. The van der Waals surface area contributed by atoms with Gasteiger partial charge in [0, 0.05) is 5.70 Å². The zero-order chi connectivity index (χ0) is 9.56. The minimum absolute atomic E-state index is 0.399. The normalized spacial score (nSPS) is 11.6. The van der Waals surface area contributed by atoms with Gasteiger partial charge in [-0.15, -0.1) is 0 Å². The van der Waals surface area contributed by atoms with Crippen molar-refractivity contribution in [3.05, 3.63) is 11.3 Å². The third-order valence-corrected chi connectivity index (χ3v) is 1.51. The second-order valence-corrected chi connectivity index (χ2v) is 2.21. The lowest BCUT2D eigenvalue weighted by Gasteiger charge is -2.06. The van der Waals surface area contributed by atoms with Gasteiger partial charge in [0.25, 0.3) is 0 Å². The van der Waals surface area contributed by atoms with E-state index in [1.807, 2.05) is 6.92 Å². The van der Waals surface area contributed by atoms with Crippen LogP contribution in [0.3, 0.4) is 0 Å². The highest BCUT2D eigenvalue weighted by Crippen LogP contribution is 2.06. The van der Waals surface area contributed by atoms with E-state index >= 15 is 0 Å². The molecule has 0 radical (unpaired) electrons. The van der Waals surface area contributed by atoms with Gasteiger partial charge < -0.3 is 10.1 Å². The molecule has 0 atom stereocenters. The van der Waals surface area contributed by atoms with Gasteiger partial charge in [-0.1, -0.05) is 6.92 Å². The van der Waals surface area contributed by atoms with Crippen molar-refractivity contribution in [2.24, 2.45) is 0 Å². The van der Waals surface area contributed by atoms with Gasteiger partial charge in [-0.3, -0.25) is 4.79 Å². The number of carbonyl (C=O) groups is 2. The molecule has 1 N–H and O–H groups in total. The molecule has 0 aromatic carbocycles. The van der Waals surface area contributed by atoms with Crippen molar-refractivity contribution in [1.29, 1.82) is 0 Å². The summed E-state index contributed by atoms with van der Waals surface area (Å²) in [5.41, 5.74) is 1.03. The largest absolute Gasteiger partial charge is 0.466 e. The number of amides is 1. The molecule has 68 valence electrons. The third kappa shape index (κ3) is 2.74. The standard InChI is InChI=1S/C8H13NO3/c1-4-7(8(11)12-3)6(2)9-5-10/h5H,4H2,1-3H3,(H,9,10). The van der Waals surface area contributed by atoms with Crippen molar-refractivity contribution >= 4 is 12.4 Å². The Morgan fingerprint density at radius 1 is 1.58 bits per heavy atom. The second kappa shape index (κ2) is 5.35. The Hall–Kier alpha value is -1.32. The highest BCUT2D eigenvalue weighted by Gasteiger charge is 2.10. The molecule has 0 saturated carbocycles. The van der Waals surface area contributed by atoms with E-state index in [1.54, 1.807) is 6.92 Å². The molecule has 0 aliphatic carbocycles. The van der Waals surface area contributed by atoms with Crippen LogP contribution in [0.4, 0.5) is 0 Å². The summed E-state index contributed by atoms with van der Waals surface area (Å²) in [6.07, 6.45) is 1.08. The molecule has 0 rings (SSSR count). The molecule has 0 aliphatic rings. The SMILES string of the molecule is CCC(C(=O)OC)=C(C)NC=O. The molecule has 0 saturated heterocycles. The Kier molecular flexibility index (Phi) is 4.76. The van der Waals surface area contributed by atoms with Crippen LogP contribution in [0.25, 0.3) is 0 Å². The minimum Gasteiger partial charge on any atom is -0.466 e. The maximum Gasteiger partial charge on any atom is 0.335 e. The van der Waals surface area contributed by atoms with E-state index in [0.717, 1.165) is 0 Å². The van der Waals surface area contributed by atoms with Crippen LogP contribution in [-0.4, -0.2) is 19.5 Å². The van der Waals surface area contributed by atoms with Crippen LogP contribution >= 0.6 is 0 Å². The molecule has 0 spiro atoms. The third-order valence-electron chi connectivity index (χ3n) is 1.51. The van der Waals surface area contributed by atoms with Crippen LogP contribution < -0.4 is 5.32 Å². The summed E-state index contributed by atoms with van der Waals surface area (Å²) in [6, 6.07) is 0. The molecule has 0 aromatic rings. The quantitative estimate of drug-likeness (QED) is 0.382. The smallest absolute Gasteiger partial charge is 0.335 e. The van der Waals surface area contributed by atoms with Gasteiger partial charge in [-0.05, 0) is 13.3 Å². The molecule has 4 nitrogen and oxygen atoms in total. The fourth-order valence-corrected chi connectivity index (χ4v) is 0.861. The molecule has 1 amide bonds. The summed E-state index contributed by atoms with van der Waals surface area (Å²) in [5, 5.41) is 2.41. The highest BCUT2D eigenvalue weighted by molar-refractivity contribution is 5.89. The Morgan fingerprint density at radius 3 is 2.50 bits per heavy atom. The first-order valence-corrected chi connectivity index (χ1v) is 3.65. The van der Waals surface area contributed by atoms with E-state index in [1.165, 1.54) is 7.11 Å². The molecule has 0 aromatic heterocycles. The predicted molar refractivity (Wildman–Crippen MR) is 44.2 cm³/mol. The van der Waals surface area contributed by atoms with E-state index in [-0.39, 0.29) is 0 Å². The van der Waals surface area contributed by atoms with Crippen LogP contribution in [0.15, 0.2) is 11.3 Å². The number of ether oxygens (including phenoxy) is 1. The molecule has 4 heteroatoms. The van der Waals surface area contributed by atoms with Gasteiger partial charge in [0.2, 0.25) is 6.41 Å². The average Bonchev–Trinajstić information content (AvgIpc) is 2.06. The Balaban J connectivity index is 4.59. The number of allylic oxidation sites excluding steroid dienone is 1. The number of rotatable bonds is 4. The maximum absolute atomic E-state index is 11.0. The Labute approximate surface area is 71.6 Å². The van der Waals surface area contributed by atoms with Crippen LogP contribution in [-0.2, 0) is 14.3 Å². The van der Waals surface area contributed by atoms with Gasteiger partial charge in [-0.2, -0.15) is 0 Å². The number of esters is 1. The van der Waals surface area contributed by atoms with Gasteiger partial charge in [0.1, 0.15) is 0 Å². The number of methoxy groups -OCH3 is 1. The second-order valence-electron chi connectivity index (χ2n) is 2.21. The van der Waals surface area contributed by atoms with Crippen molar-refractivity contribution in [1.82, 2.24) is 5.32 Å². The first-order chi connectivity index (χ1) is 5.67. The van der Waals surface area contributed by atoms with Crippen LogP contribution in [0, 0.1) is 0 Å². The van der Waals surface area contributed by atoms with Crippen molar-refractivity contribution in [2.75, 3.05) is 7.11 Å². The Morgan fingerprint density at radius 2 is 2.17 bits per heavy atom. The van der Waals surface area contributed by atoms with E-state index < -0.39 is 5.97 Å². The summed E-state index contributed by atoms with van der Waals surface area (Å²) in [6.45, 7) is 3.48. The first-order valence-electron chi connectivity index (χ1n) is 3.65. The summed E-state index contributed by atoms with van der Waals surface area (Å²) < 4.78 is 4.52. The Bertz CT molecular complexity index is 208. The zero-order valence-corrected chi connectivity index (χ0v) is 7.51. The van der Waals surface area contributed by atoms with Crippen molar-refractivity contribution < 1.29 is 14.3 Å². The van der Waals surface area contributed by atoms with E-state index in [0.29, 0.717) is 24.1 Å². The molecule has 0 heterocycles. The van der Waals surface area contributed by atoms with Crippen molar-refractivity contribution in [2.45, 2.75) is 20.3 Å². The zero-order valence-electron chi connectivity index (χ0n) is 7.51. The van der Waals surface area contributed by atoms with Crippen molar-refractivity contribution in [3.63, 3.8) is 0 Å². The van der Waals surface area contributed by atoms with Gasteiger partial charge in [0.05, 0.1) is 12.7 Å². The maximum atomic E-state index is 11.0.